The zero-order valence-corrected chi connectivity index (χ0v) is 16.1. The summed E-state index contributed by atoms with van der Waals surface area (Å²) in [4.78, 5) is 29.1. The summed E-state index contributed by atoms with van der Waals surface area (Å²) in [5, 5.41) is 2.90. The number of aromatic nitrogens is 5. The minimum Gasteiger partial charge on any atom is -0.397 e. The molecule has 9 nitrogen and oxygen atoms in total. The van der Waals surface area contributed by atoms with Gasteiger partial charge in [0.1, 0.15) is 12.2 Å². The van der Waals surface area contributed by atoms with Crippen LogP contribution < -0.4 is 16.8 Å². The highest BCUT2D eigenvalue weighted by Gasteiger charge is 2.14. The van der Waals surface area contributed by atoms with E-state index >= 15 is 0 Å². The molecule has 3 heterocycles. The fourth-order valence-corrected chi connectivity index (χ4v) is 3.04. The van der Waals surface area contributed by atoms with Crippen molar-refractivity contribution >= 4 is 28.6 Å². The molecule has 0 bridgehead atoms. The molecule has 0 aliphatic carbocycles. The quantitative estimate of drug-likeness (QED) is 0.481. The highest BCUT2D eigenvalue weighted by Crippen LogP contribution is 2.20. The fraction of sp³-hybridized carbons (Fsp3) is 0.421. The van der Waals surface area contributed by atoms with E-state index in [2.05, 4.69) is 36.7 Å². The van der Waals surface area contributed by atoms with Crippen molar-refractivity contribution in [2.45, 2.75) is 45.6 Å². The summed E-state index contributed by atoms with van der Waals surface area (Å²) in [7, 11) is 0. The molecule has 0 unspecified atom stereocenters. The normalized spacial score (nSPS) is 11.0. The molecule has 0 aliphatic rings. The third-order valence-electron chi connectivity index (χ3n) is 4.51. The SMILES string of the molecule is CCCCc1nc2c(N)ncnc2n1CCCCNC(=O)c1cncc(N)c1. The summed E-state index contributed by atoms with van der Waals surface area (Å²) < 4.78 is 2.12. The molecular weight excluding hydrogens is 356 g/mol. The van der Waals surface area contributed by atoms with Gasteiger partial charge in [-0.05, 0) is 25.3 Å². The highest BCUT2D eigenvalue weighted by molar-refractivity contribution is 5.94. The van der Waals surface area contributed by atoms with Crippen LogP contribution in [0.1, 0.15) is 48.8 Å². The lowest BCUT2D eigenvalue weighted by Gasteiger charge is -2.09. The van der Waals surface area contributed by atoms with Gasteiger partial charge in [-0.25, -0.2) is 15.0 Å². The summed E-state index contributed by atoms with van der Waals surface area (Å²) >= 11 is 0. The van der Waals surface area contributed by atoms with Crippen LogP contribution in [0.5, 0.6) is 0 Å². The summed E-state index contributed by atoms with van der Waals surface area (Å²) in [6.45, 7) is 3.49. The van der Waals surface area contributed by atoms with E-state index in [1.807, 2.05) is 0 Å². The second kappa shape index (κ2) is 9.12. The number of nitrogens with two attached hydrogens (primary N) is 2. The Morgan fingerprint density at radius 1 is 1.18 bits per heavy atom. The number of aryl methyl sites for hydroxylation is 2. The molecule has 3 rings (SSSR count). The number of imidazole rings is 1. The lowest BCUT2D eigenvalue weighted by Crippen LogP contribution is -2.25. The summed E-state index contributed by atoms with van der Waals surface area (Å²) in [6, 6.07) is 1.62. The molecule has 5 N–H and O–H groups in total. The van der Waals surface area contributed by atoms with Gasteiger partial charge in [0.15, 0.2) is 17.0 Å². The van der Waals surface area contributed by atoms with Crippen molar-refractivity contribution in [3.63, 3.8) is 0 Å². The van der Waals surface area contributed by atoms with Gasteiger partial charge in [0.2, 0.25) is 0 Å². The van der Waals surface area contributed by atoms with Gasteiger partial charge in [-0.2, -0.15) is 0 Å². The van der Waals surface area contributed by atoms with Crippen LogP contribution in [0, 0.1) is 0 Å². The van der Waals surface area contributed by atoms with Crippen LogP contribution >= 0.6 is 0 Å². The molecule has 0 aliphatic heterocycles. The van der Waals surface area contributed by atoms with Crippen LogP contribution in [0.3, 0.4) is 0 Å². The van der Waals surface area contributed by atoms with E-state index in [1.165, 1.54) is 18.7 Å². The number of hydrogen-bond acceptors (Lipinski definition) is 7. The lowest BCUT2D eigenvalue weighted by atomic mass is 10.2. The number of rotatable bonds is 9. The van der Waals surface area contributed by atoms with Crippen molar-refractivity contribution in [3.05, 3.63) is 36.2 Å². The van der Waals surface area contributed by atoms with E-state index in [-0.39, 0.29) is 5.91 Å². The number of nitrogens with one attached hydrogen (secondary N) is 1. The van der Waals surface area contributed by atoms with E-state index in [0.29, 0.717) is 29.1 Å². The van der Waals surface area contributed by atoms with Crippen molar-refractivity contribution in [3.8, 4) is 0 Å². The van der Waals surface area contributed by atoms with Crippen molar-refractivity contribution in [2.24, 2.45) is 0 Å². The maximum Gasteiger partial charge on any atom is 0.252 e. The lowest BCUT2D eigenvalue weighted by molar-refractivity contribution is 0.0952. The summed E-state index contributed by atoms with van der Waals surface area (Å²) in [5.41, 5.74) is 14.0. The Morgan fingerprint density at radius 2 is 2.04 bits per heavy atom. The van der Waals surface area contributed by atoms with Gasteiger partial charge < -0.3 is 21.4 Å². The number of unbranched alkanes of at least 4 members (excludes halogenated alkanes) is 2. The van der Waals surface area contributed by atoms with Gasteiger partial charge in [0.05, 0.1) is 11.3 Å². The molecule has 1 amide bonds. The monoisotopic (exact) mass is 382 g/mol. The highest BCUT2D eigenvalue weighted by atomic mass is 16.1. The number of nitrogens with zero attached hydrogens (tertiary/aromatic N) is 5. The van der Waals surface area contributed by atoms with Gasteiger partial charge in [-0.15, -0.1) is 0 Å². The number of amides is 1. The maximum atomic E-state index is 12.1. The van der Waals surface area contributed by atoms with Crippen molar-refractivity contribution < 1.29 is 4.79 Å². The number of fused-ring (bicyclic) bond motifs is 1. The number of pyridine rings is 1. The van der Waals surface area contributed by atoms with Gasteiger partial charge in [-0.3, -0.25) is 9.78 Å². The fourth-order valence-electron chi connectivity index (χ4n) is 3.04. The molecule has 28 heavy (non-hydrogen) atoms. The van der Waals surface area contributed by atoms with E-state index in [0.717, 1.165) is 50.1 Å². The Labute approximate surface area is 163 Å². The van der Waals surface area contributed by atoms with Crippen molar-refractivity contribution in [2.75, 3.05) is 18.0 Å². The molecule has 148 valence electrons. The van der Waals surface area contributed by atoms with E-state index < -0.39 is 0 Å². The predicted molar refractivity (Wildman–Crippen MR) is 109 cm³/mol. The topological polar surface area (TPSA) is 138 Å². The molecule has 3 aromatic heterocycles. The standard InChI is InChI=1S/C19H26N8O/c1-2-3-6-15-26-16-17(21)24-12-25-18(16)27(15)8-5-4-7-23-19(28)13-9-14(20)11-22-10-13/h9-12H,2-8,20H2,1H3,(H,23,28)(H2,21,24,25). The molecule has 0 aromatic carbocycles. The molecule has 0 saturated carbocycles. The third kappa shape index (κ3) is 4.54. The number of nitrogen functional groups attached to an aromatic ring is 2. The molecule has 0 saturated heterocycles. The van der Waals surface area contributed by atoms with Gasteiger partial charge in [0, 0.05) is 31.9 Å². The minimum absolute atomic E-state index is 0.169. The van der Waals surface area contributed by atoms with Crippen LogP contribution in [0.15, 0.2) is 24.8 Å². The first kappa shape index (κ1) is 19.5. The minimum atomic E-state index is -0.169. The summed E-state index contributed by atoms with van der Waals surface area (Å²) in [5.74, 6) is 1.22. The first-order valence-electron chi connectivity index (χ1n) is 9.54. The van der Waals surface area contributed by atoms with Gasteiger partial charge >= 0.3 is 0 Å². The number of carbonyl (C=O) groups is 1. The zero-order chi connectivity index (χ0) is 19.9. The van der Waals surface area contributed by atoms with Gasteiger partial charge in [0.25, 0.3) is 5.91 Å². The zero-order valence-electron chi connectivity index (χ0n) is 16.1. The van der Waals surface area contributed by atoms with Crippen molar-refractivity contribution in [1.29, 1.82) is 0 Å². The van der Waals surface area contributed by atoms with Crippen LogP contribution in [-0.2, 0) is 13.0 Å². The molecule has 0 spiro atoms. The largest absolute Gasteiger partial charge is 0.397 e. The second-order valence-corrected chi connectivity index (χ2v) is 6.68. The smallest absolute Gasteiger partial charge is 0.252 e. The molecule has 0 atom stereocenters. The van der Waals surface area contributed by atoms with Gasteiger partial charge in [-0.1, -0.05) is 13.3 Å². The Kier molecular flexibility index (Phi) is 6.36. The molecule has 0 radical (unpaired) electrons. The third-order valence-corrected chi connectivity index (χ3v) is 4.51. The van der Waals surface area contributed by atoms with E-state index in [9.17, 15) is 4.79 Å². The number of hydrogen-bond donors (Lipinski definition) is 3. The molecule has 9 heteroatoms. The maximum absolute atomic E-state index is 12.1. The Bertz CT molecular complexity index is 952. The van der Waals surface area contributed by atoms with Crippen LogP contribution in [-0.4, -0.2) is 37.0 Å². The average molecular weight is 382 g/mol. The predicted octanol–water partition coefficient (Wildman–Crippen LogP) is 1.94. The van der Waals surface area contributed by atoms with Crippen LogP contribution in [0.4, 0.5) is 11.5 Å². The molecular formula is C19H26N8O. The van der Waals surface area contributed by atoms with Crippen molar-refractivity contribution in [1.82, 2.24) is 29.8 Å². The summed E-state index contributed by atoms with van der Waals surface area (Å²) in [6.07, 6.45) is 9.23. The Morgan fingerprint density at radius 3 is 2.82 bits per heavy atom. The Hall–Kier alpha value is -3.23. The molecule has 0 fully saturated rings. The van der Waals surface area contributed by atoms with E-state index in [1.54, 1.807) is 6.07 Å². The average Bonchev–Trinajstić information content (AvgIpc) is 3.05. The Balaban J connectivity index is 1.57. The second-order valence-electron chi connectivity index (χ2n) is 6.68. The van der Waals surface area contributed by atoms with Crippen LogP contribution in [0.2, 0.25) is 0 Å². The first-order chi connectivity index (χ1) is 13.6. The number of carbonyl (C=O) groups excluding carboxylic acids is 1. The molecule has 3 aromatic rings. The van der Waals surface area contributed by atoms with Crippen LogP contribution in [0.25, 0.3) is 11.2 Å². The van der Waals surface area contributed by atoms with E-state index in [4.69, 9.17) is 11.5 Å². The number of anilines is 2. The first-order valence-corrected chi connectivity index (χ1v) is 9.54.